The number of carbonyl (C=O) groups excluding carboxylic acids is 2. The van der Waals surface area contributed by atoms with Crippen molar-refractivity contribution in [2.75, 3.05) is 21.3 Å². The highest BCUT2D eigenvalue weighted by molar-refractivity contribution is 6.03. The minimum Gasteiger partial charge on any atom is -0.497 e. The molecule has 0 aliphatic rings. The van der Waals surface area contributed by atoms with Crippen molar-refractivity contribution in [2.24, 2.45) is 0 Å². The van der Waals surface area contributed by atoms with E-state index in [1.807, 2.05) is 38.2 Å². The number of ether oxygens (including phenoxy) is 2. The van der Waals surface area contributed by atoms with Crippen LogP contribution < -0.4 is 9.64 Å². The Hall–Kier alpha value is -2.60. The van der Waals surface area contributed by atoms with Gasteiger partial charge in [-0.2, -0.15) is 0 Å². The van der Waals surface area contributed by atoms with Crippen LogP contribution in [0, 0.1) is 13.8 Å². The molecule has 0 saturated carbocycles. The predicted molar refractivity (Wildman–Crippen MR) is 99.0 cm³/mol. The van der Waals surface area contributed by atoms with Gasteiger partial charge >= 0.3 is 5.97 Å². The Bertz CT molecular complexity index is 810. The number of hydrogen-bond donors (Lipinski definition) is 2. The second-order valence-electron chi connectivity index (χ2n) is 6.58. The summed E-state index contributed by atoms with van der Waals surface area (Å²) in [7, 11) is 4.95. The van der Waals surface area contributed by atoms with E-state index in [9.17, 15) is 9.59 Å². The van der Waals surface area contributed by atoms with Crippen LogP contribution in [0.2, 0.25) is 0 Å². The number of Topliss-reactive ketones (excluding diaryl/α,β-unsaturated/α-hetero) is 1. The zero-order chi connectivity index (χ0) is 19.4. The summed E-state index contributed by atoms with van der Waals surface area (Å²) in [5.74, 6) is 0.342. The molecule has 2 aromatic rings. The van der Waals surface area contributed by atoms with Crippen LogP contribution in [-0.4, -0.2) is 44.0 Å². The highest BCUT2D eigenvalue weighted by Gasteiger charge is 2.29. The van der Waals surface area contributed by atoms with Crippen molar-refractivity contribution in [3.8, 4) is 5.75 Å². The maximum absolute atomic E-state index is 13.0. The van der Waals surface area contributed by atoms with Crippen LogP contribution in [0.5, 0.6) is 5.75 Å². The summed E-state index contributed by atoms with van der Waals surface area (Å²) in [5.41, 5.74) is 3.29. The zero-order valence-corrected chi connectivity index (χ0v) is 16.2. The summed E-state index contributed by atoms with van der Waals surface area (Å²) >= 11 is 0. The number of quaternary nitrogens is 1. The molecule has 2 atom stereocenters. The molecule has 26 heavy (non-hydrogen) atoms. The Kier molecular flexibility index (Phi) is 6.21. The van der Waals surface area contributed by atoms with Crippen LogP contribution in [0.1, 0.15) is 44.6 Å². The quantitative estimate of drug-likeness (QED) is 0.583. The van der Waals surface area contributed by atoms with Gasteiger partial charge < -0.3 is 19.4 Å². The molecule has 6 nitrogen and oxygen atoms in total. The number of carbonyl (C=O) groups is 2. The molecule has 1 heterocycles. The van der Waals surface area contributed by atoms with Crippen molar-refractivity contribution in [1.29, 1.82) is 0 Å². The first-order valence-corrected chi connectivity index (χ1v) is 8.57. The van der Waals surface area contributed by atoms with Crippen LogP contribution in [-0.2, 0) is 11.3 Å². The van der Waals surface area contributed by atoms with Gasteiger partial charge in [-0.15, -0.1) is 0 Å². The van der Waals surface area contributed by atoms with E-state index in [2.05, 4.69) is 4.98 Å². The van der Waals surface area contributed by atoms with Crippen LogP contribution in [0.3, 0.4) is 0 Å². The SMILES string of the molecule is COC(=O)c1c(C)[nH]c(C(=O)[C@H](C)[NH+](C)Cc2cccc(OC)c2)c1C. The van der Waals surface area contributed by atoms with Crippen LogP contribution in [0.4, 0.5) is 0 Å². The molecule has 0 radical (unpaired) electrons. The zero-order valence-electron chi connectivity index (χ0n) is 16.2. The minimum absolute atomic E-state index is 0.0267. The minimum atomic E-state index is -0.431. The first kappa shape index (κ1) is 19.7. The van der Waals surface area contributed by atoms with Crippen LogP contribution in [0.15, 0.2) is 24.3 Å². The molecule has 0 aliphatic heterocycles. The highest BCUT2D eigenvalue weighted by atomic mass is 16.5. The largest absolute Gasteiger partial charge is 0.497 e. The molecule has 2 N–H and O–H groups in total. The lowest BCUT2D eigenvalue weighted by atomic mass is 10.0. The standard InChI is InChI=1S/C20H26N2O4/c1-12-17(20(24)26-6)13(2)21-18(12)19(23)14(3)22(4)11-15-8-7-9-16(10-15)25-5/h7-10,14,21H,11H2,1-6H3/p+1/t14-/m0/s1. The fraction of sp³-hybridized carbons (Fsp3) is 0.400. The number of methoxy groups -OCH3 is 2. The van der Waals surface area contributed by atoms with Gasteiger partial charge in [0.2, 0.25) is 5.78 Å². The van der Waals surface area contributed by atoms with E-state index in [0.29, 0.717) is 29.1 Å². The molecule has 0 aliphatic carbocycles. The van der Waals surface area contributed by atoms with Gasteiger partial charge in [-0.1, -0.05) is 12.1 Å². The van der Waals surface area contributed by atoms with Crippen LogP contribution in [0.25, 0.3) is 0 Å². The van der Waals surface area contributed by atoms with E-state index < -0.39 is 5.97 Å². The van der Waals surface area contributed by atoms with Crippen LogP contribution >= 0.6 is 0 Å². The van der Waals surface area contributed by atoms with Crippen molar-refractivity contribution >= 4 is 11.8 Å². The number of aromatic amines is 1. The van der Waals surface area contributed by atoms with Crippen molar-refractivity contribution in [3.63, 3.8) is 0 Å². The van der Waals surface area contributed by atoms with Gasteiger partial charge in [0, 0.05) is 11.3 Å². The summed E-state index contributed by atoms with van der Waals surface area (Å²) in [6, 6.07) is 7.55. The molecule has 0 fully saturated rings. The second kappa shape index (κ2) is 8.19. The topological polar surface area (TPSA) is 72.8 Å². The summed E-state index contributed by atoms with van der Waals surface area (Å²) in [6.45, 7) is 6.12. The molecule has 1 unspecified atom stereocenters. The molecule has 0 saturated heterocycles. The van der Waals surface area contributed by atoms with E-state index in [4.69, 9.17) is 9.47 Å². The Balaban J connectivity index is 2.19. The molecule has 6 heteroatoms. The predicted octanol–water partition coefficient (Wildman–Crippen LogP) is 1.71. The molecule has 1 aromatic heterocycles. The molecule has 0 amide bonds. The van der Waals surface area contributed by atoms with Crippen molar-refractivity contribution in [1.82, 2.24) is 4.98 Å². The van der Waals surface area contributed by atoms with Gasteiger partial charge in [0.15, 0.2) is 6.04 Å². The lowest BCUT2D eigenvalue weighted by molar-refractivity contribution is -0.907. The van der Waals surface area contributed by atoms with E-state index in [0.717, 1.165) is 16.2 Å². The summed E-state index contributed by atoms with van der Waals surface area (Å²) in [6.07, 6.45) is 0. The average molecular weight is 359 g/mol. The normalized spacial score (nSPS) is 13.2. The van der Waals surface area contributed by atoms with E-state index in [-0.39, 0.29) is 11.8 Å². The molecule has 0 bridgehead atoms. The average Bonchev–Trinajstić information content (AvgIpc) is 2.94. The number of likely N-dealkylation sites (N-methyl/N-ethyl adjacent to an activating group) is 1. The number of nitrogens with one attached hydrogen (secondary N) is 2. The van der Waals surface area contributed by atoms with Gasteiger partial charge in [-0.3, -0.25) is 4.79 Å². The summed E-state index contributed by atoms with van der Waals surface area (Å²) in [5, 5.41) is 0. The third-order valence-corrected chi connectivity index (χ3v) is 4.82. The highest BCUT2D eigenvalue weighted by Crippen LogP contribution is 2.20. The van der Waals surface area contributed by atoms with Crippen molar-refractivity contribution in [2.45, 2.75) is 33.4 Å². The monoisotopic (exact) mass is 359 g/mol. The Morgan fingerprint density at radius 1 is 1.23 bits per heavy atom. The van der Waals surface area contributed by atoms with E-state index >= 15 is 0 Å². The number of esters is 1. The third kappa shape index (κ3) is 3.96. The van der Waals surface area contributed by atoms with Gasteiger partial charge in [-0.05, 0) is 38.5 Å². The van der Waals surface area contributed by atoms with Gasteiger partial charge in [0.25, 0.3) is 0 Å². The molecule has 1 aromatic carbocycles. The lowest BCUT2D eigenvalue weighted by Gasteiger charge is -2.21. The van der Waals surface area contributed by atoms with Crippen molar-refractivity contribution < 1.29 is 24.0 Å². The fourth-order valence-corrected chi connectivity index (χ4v) is 3.10. The molecule has 2 rings (SSSR count). The molecular weight excluding hydrogens is 332 g/mol. The van der Waals surface area contributed by atoms with Gasteiger partial charge in [-0.25, -0.2) is 4.79 Å². The number of H-pyrrole nitrogens is 1. The Morgan fingerprint density at radius 2 is 1.92 bits per heavy atom. The second-order valence-corrected chi connectivity index (χ2v) is 6.58. The van der Waals surface area contributed by atoms with E-state index in [1.54, 1.807) is 21.0 Å². The van der Waals surface area contributed by atoms with Gasteiger partial charge in [0.1, 0.15) is 12.3 Å². The number of aryl methyl sites for hydroxylation is 1. The Morgan fingerprint density at radius 3 is 2.54 bits per heavy atom. The first-order valence-electron chi connectivity index (χ1n) is 8.57. The summed E-state index contributed by atoms with van der Waals surface area (Å²) < 4.78 is 10.1. The summed E-state index contributed by atoms with van der Waals surface area (Å²) in [4.78, 5) is 29.0. The molecular formula is C20H27N2O4+. The lowest BCUT2D eigenvalue weighted by Crippen LogP contribution is -3.12. The smallest absolute Gasteiger partial charge is 0.339 e. The number of aromatic nitrogens is 1. The Labute approximate surface area is 154 Å². The first-order chi connectivity index (χ1) is 12.3. The molecule has 140 valence electrons. The number of benzene rings is 1. The number of rotatable bonds is 7. The van der Waals surface area contributed by atoms with Crippen molar-refractivity contribution in [3.05, 3.63) is 52.3 Å². The maximum Gasteiger partial charge on any atom is 0.339 e. The fourth-order valence-electron chi connectivity index (χ4n) is 3.10. The maximum atomic E-state index is 13.0. The number of ketones is 1. The van der Waals surface area contributed by atoms with E-state index in [1.165, 1.54) is 7.11 Å². The third-order valence-electron chi connectivity index (χ3n) is 4.82. The van der Waals surface area contributed by atoms with Gasteiger partial charge in [0.05, 0.1) is 32.5 Å². The molecule has 0 spiro atoms. The number of hydrogen-bond acceptors (Lipinski definition) is 4.